The third-order valence-electron chi connectivity index (χ3n) is 4.20. The fourth-order valence-corrected chi connectivity index (χ4v) is 3.36. The molecule has 21 heavy (non-hydrogen) atoms. The number of nitrogens with zero attached hydrogens (tertiary/aromatic N) is 1. The van der Waals surface area contributed by atoms with Gasteiger partial charge in [-0.2, -0.15) is 0 Å². The Labute approximate surface area is 129 Å². The molecule has 1 fully saturated rings. The summed E-state index contributed by atoms with van der Waals surface area (Å²) in [6, 6.07) is 21.6. The molecule has 0 amide bonds. The topological polar surface area (TPSA) is 20.7 Å². The van der Waals surface area contributed by atoms with Crippen molar-refractivity contribution < 1.29 is 0 Å². The van der Waals surface area contributed by atoms with E-state index < -0.39 is 0 Å². The van der Waals surface area contributed by atoms with Crippen LogP contribution in [0.5, 0.6) is 0 Å². The van der Waals surface area contributed by atoms with Gasteiger partial charge in [-0.1, -0.05) is 60.7 Å². The van der Waals surface area contributed by atoms with E-state index in [0.717, 1.165) is 11.2 Å². The number of imidazole rings is 1. The van der Waals surface area contributed by atoms with Gasteiger partial charge in [0, 0.05) is 18.2 Å². The van der Waals surface area contributed by atoms with Crippen molar-refractivity contribution in [1.82, 2.24) is 9.55 Å². The summed E-state index contributed by atoms with van der Waals surface area (Å²) >= 11 is 5.50. The number of H-pyrrole nitrogens is 1. The molecule has 1 aromatic heterocycles. The maximum Gasteiger partial charge on any atom is 0.177 e. The fraction of sp³-hybridized carbons (Fsp3) is 0.167. The van der Waals surface area contributed by atoms with Gasteiger partial charge in [-0.05, 0) is 29.8 Å². The van der Waals surface area contributed by atoms with Gasteiger partial charge in [-0.25, -0.2) is 0 Å². The second-order valence-corrected chi connectivity index (χ2v) is 5.92. The van der Waals surface area contributed by atoms with Gasteiger partial charge in [0.05, 0.1) is 5.69 Å². The molecule has 1 aliphatic carbocycles. The molecule has 104 valence electrons. The molecule has 2 atom stereocenters. The molecule has 1 heterocycles. The summed E-state index contributed by atoms with van der Waals surface area (Å²) in [7, 11) is 0. The number of nitrogens with one attached hydrogen (secondary N) is 1. The van der Waals surface area contributed by atoms with E-state index in [9.17, 15) is 0 Å². The standard InChI is InChI=1S/C18H16N2S/c21-18-19-12-17(14-9-5-2-6-10-14)20(18)16-11-15(16)13-7-3-1-4-8-13/h1-10,12,15-16H,11H2,(H,19,21). The van der Waals surface area contributed by atoms with Gasteiger partial charge in [0.1, 0.15) is 0 Å². The number of benzene rings is 2. The maximum atomic E-state index is 5.50. The van der Waals surface area contributed by atoms with Crippen LogP contribution >= 0.6 is 12.2 Å². The van der Waals surface area contributed by atoms with E-state index >= 15 is 0 Å². The third kappa shape index (κ3) is 2.24. The maximum absolute atomic E-state index is 5.50. The van der Waals surface area contributed by atoms with Gasteiger partial charge in [0.2, 0.25) is 0 Å². The first-order valence-corrected chi connectivity index (χ1v) is 7.66. The Morgan fingerprint density at radius 2 is 1.62 bits per heavy atom. The van der Waals surface area contributed by atoms with Crippen molar-refractivity contribution in [3.8, 4) is 11.3 Å². The summed E-state index contributed by atoms with van der Waals surface area (Å²) < 4.78 is 3.10. The molecule has 2 aromatic carbocycles. The van der Waals surface area contributed by atoms with Crippen LogP contribution in [0.1, 0.15) is 23.9 Å². The van der Waals surface area contributed by atoms with E-state index in [-0.39, 0.29) is 0 Å². The molecule has 4 rings (SSSR count). The first-order chi connectivity index (χ1) is 10.3. The quantitative estimate of drug-likeness (QED) is 0.678. The average molecular weight is 292 g/mol. The van der Waals surface area contributed by atoms with Gasteiger partial charge in [-0.3, -0.25) is 0 Å². The molecule has 2 unspecified atom stereocenters. The molecule has 0 radical (unpaired) electrons. The number of hydrogen-bond acceptors (Lipinski definition) is 1. The normalized spacial score (nSPS) is 20.4. The summed E-state index contributed by atoms with van der Waals surface area (Å²) in [6.45, 7) is 0. The van der Waals surface area contributed by atoms with Crippen molar-refractivity contribution in [3.05, 3.63) is 77.2 Å². The lowest BCUT2D eigenvalue weighted by Gasteiger charge is -2.08. The Morgan fingerprint density at radius 3 is 2.33 bits per heavy atom. The minimum atomic E-state index is 0.473. The van der Waals surface area contributed by atoms with E-state index in [1.165, 1.54) is 16.8 Å². The molecule has 1 aliphatic rings. The number of aromatic nitrogens is 2. The lowest BCUT2D eigenvalue weighted by atomic mass is 10.1. The largest absolute Gasteiger partial charge is 0.337 e. The average Bonchev–Trinajstić information content (AvgIpc) is 3.24. The van der Waals surface area contributed by atoms with Crippen LogP contribution in [0.25, 0.3) is 11.3 Å². The smallest absolute Gasteiger partial charge is 0.177 e. The Morgan fingerprint density at radius 1 is 0.952 bits per heavy atom. The molecule has 0 spiro atoms. The molecule has 0 aliphatic heterocycles. The minimum Gasteiger partial charge on any atom is -0.337 e. The van der Waals surface area contributed by atoms with Crippen LogP contribution < -0.4 is 0 Å². The zero-order chi connectivity index (χ0) is 14.2. The molecular formula is C18H16N2S. The highest BCUT2D eigenvalue weighted by atomic mass is 32.1. The van der Waals surface area contributed by atoms with Crippen LogP contribution in [-0.4, -0.2) is 9.55 Å². The molecule has 3 aromatic rings. The molecule has 0 saturated heterocycles. The SMILES string of the molecule is S=c1[nH]cc(-c2ccccc2)n1C1CC1c1ccccc1. The molecule has 1 N–H and O–H groups in total. The number of hydrogen-bond donors (Lipinski definition) is 1. The van der Waals surface area contributed by atoms with Gasteiger partial charge in [0.15, 0.2) is 4.77 Å². The second kappa shape index (κ2) is 5.01. The Balaban J connectivity index is 1.72. The van der Waals surface area contributed by atoms with Crippen molar-refractivity contribution in [1.29, 1.82) is 0 Å². The zero-order valence-corrected chi connectivity index (χ0v) is 12.4. The Kier molecular flexibility index (Phi) is 3.00. The van der Waals surface area contributed by atoms with Gasteiger partial charge in [-0.15, -0.1) is 0 Å². The first kappa shape index (κ1) is 12.6. The predicted molar refractivity (Wildman–Crippen MR) is 87.9 cm³/mol. The van der Waals surface area contributed by atoms with Crippen molar-refractivity contribution >= 4 is 12.2 Å². The third-order valence-corrected chi connectivity index (χ3v) is 4.51. The van der Waals surface area contributed by atoms with E-state index in [4.69, 9.17) is 12.2 Å². The van der Waals surface area contributed by atoms with Crippen LogP contribution in [0.2, 0.25) is 0 Å². The van der Waals surface area contributed by atoms with Crippen molar-refractivity contribution in [3.63, 3.8) is 0 Å². The summed E-state index contributed by atoms with van der Waals surface area (Å²) in [5, 5.41) is 0. The lowest BCUT2D eigenvalue weighted by molar-refractivity contribution is 0.712. The Hall–Kier alpha value is -2.13. The summed E-state index contributed by atoms with van der Waals surface area (Å²) in [5.41, 5.74) is 3.80. The molecule has 2 nitrogen and oxygen atoms in total. The van der Waals surface area contributed by atoms with E-state index in [0.29, 0.717) is 12.0 Å². The van der Waals surface area contributed by atoms with Crippen molar-refractivity contribution in [2.24, 2.45) is 0 Å². The van der Waals surface area contributed by atoms with Crippen LogP contribution in [-0.2, 0) is 0 Å². The lowest BCUT2D eigenvalue weighted by Crippen LogP contribution is -1.99. The monoisotopic (exact) mass is 292 g/mol. The van der Waals surface area contributed by atoms with Crippen molar-refractivity contribution in [2.75, 3.05) is 0 Å². The minimum absolute atomic E-state index is 0.473. The summed E-state index contributed by atoms with van der Waals surface area (Å²) in [5.74, 6) is 0.580. The predicted octanol–water partition coefficient (Wildman–Crippen LogP) is 4.94. The number of rotatable bonds is 3. The molecule has 1 saturated carbocycles. The number of aromatic amines is 1. The van der Waals surface area contributed by atoms with E-state index in [1.54, 1.807) is 0 Å². The van der Waals surface area contributed by atoms with Crippen LogP contribution in [0, 0.1) is 4.77 Å². The molecular weight excluding hydrogens is 276 g/mol. The second-order valence-electron chi connectivity index (χ2n) is 5.54. The fourth-order valence-electron chi connectivity index (χ4n) is 3.06. The van der Waals surface area contributed by atoms with Crippen LogP contribution in [0.3, 0.4) is 0 Å². The van der Waals surface area contributed by atoms with Gasteiger partial charge >= 0.3 is 0 Å². The zero-order valence-electron chi connectivity index (χ0n) is 11.6. The van der Waals surface area contributed by atoms with Crippen LogP contribution in [0.4, 0.5) is 0 Å². The van der Waals surface area contributed by atoms with Crippen molar-refractivity contribution in [2.45, 2.75) is 18.4 Å². The van der Waals surface area contributed by atoms with E-state index in [2.05, 4.69) is 64.1 Å². The molecule has 0 bridgehead atoms. The summed E-state index contributed by atoms with van der Waals surface area (Å²) in [4.78, 5) is 3.21. The van der Waals surface area contributed by atoms with Crippen LogP contribution in [0.15, 0.2) is 66.9 Å². The highest BCUT2D eigenvalue weighted by molar-refractivity contribution is 7.71. The van der Waals surface area contributed by atoms with Gasteiger partial charge in [0.25, 0.3) is 0 Å². The highest BCUT2D eigenvalue weighted by Crippen LogP contribution is 2.52. The Bertz CT molecular complexity index is 802. The highest BCUT2D eigenvalue weighted by Gasteiger charge is 2.41. The van der Waals surface area contributed by atoms with Gasteiger partial charge < -0.3 is 9.55 Å². The first-order valence-electron chi connectivity index (χ1n) is 7.25. The molecule has 3 heteroatoms. The van der Waals surface area contributed by atoms with E-state index in [1.807, 2.05) is 12.3 Å². The summed E-state index contributed by atoms with van der Waals surface area (Å²) in [6.07, 6.45) is 3.19.